The summed E-state index contributed by atoms with van der Waals surface area (Å²) in [7, 11) is 0. The molecule has 0 bridgehead atoms. The van der Waals surface area contributed by atoms with Crippen molar-refractivity contribution < 1.29 is 4.39 Å². The van der Waals surface area contributed by atoms with Crippen molar-refractivity contribution in [3.8, 4) is 0 Å². The summed E-state index contributed by atoms with van der Waals surface area (Å²) in [5, 5.41) is 4.16. The van der Waals surface area contributed by atoms with Gasteiger partial charge in [-0.1, -0.05) is 19.9 Å². The first kappa shape index (κ1) is 14.1. The predicted octanol–water partition coefficient (Wildman–Crippen LogP) is 3.81. The van der Waals surface area contributed by atoms with E-state index in [9.17, 15) is 4.39 Å². The second kappa shape index (κ2) is 6.71. The molecule has 0 amide bonds. The number of unbranched alkanes of at least 4 members (excludes halogenated alkanes) is 1. The smallest absolute Gasteiger partial charge is 0.132 e. The van der Waals surface area contributed by atoms with Crippen molar-refractivity contribution >= 4 is 10.9 Å². The lowest BCUT2D eigenvalue weighted by molar-refractivity contribution is 0.522. The van der Waals surface area contributed by atoms with Crippen molar-refractivity contribution in [3.05, 3.63) is 36.3 Å². The molecule has 0 saturated heterocycles. The van der Waals surface area contributed by atoms with Gasteiger partial charge in [0.05, 0.1) is 5.52 Å². The van der Waals surface area contributed by atoms with Gasteiger partial charge in [-0.05, 0) is 50.0 Å². The van der Waals surface area contributed by atoms with E-state index in [1.807, 2.05) is 18.3 Å². The highest BCUT2D eigenvalue weighted by atomic mass is 19.1. The van der Waals surface area contributed by atoms with Crippen molar-refractivity contribution in [2.75, 3.05) is 13.1 Å². The van der Waals surface area contributed by atoms with Crippen LogP contribution in [0.4, 0.5) is 4.39 Å². The predicted molar refractivity (Wildman–Crippen MR) is 78.8 cm³/mol. The number of aryl methyl sites for hydroxylation is 1. The average molecular weight is 262 g/mol. The molecule has 2 aromatic rings. The Bertz CT molecular complexity index is 516. The standard InChI is InChI=1S/C16H23FN2/c1-13(2)12-18-9-3-4-10-19-11-8-14-15(17)6-5-7-16(14)19/h5-8,11,13,18H,3-4,9-10,12H2,1-2H3. The Morgan fingerprint density at radius 3 is 2.84 bits per heavy atom. The molecule has 1 aromatic heterocycles. The van der Waals surface area contributed by atoms with Gasteiger partial charge >= 0.3 is 0 Å². The molecule has 104 valence electrons. The van der Waals surface area contributed by atoms with Gasteiger partial charge in [0.1, 0.15) is 5.82 Å². The second-order valence-corrected chi connectivity index (χ2v) is 5.49. The zero-order valence-electron chi connectivity index (χ0n) is 11.8. The van der Waals surface area contributed by atoms with Gasteiger partial charge in [0.25, 0.3) is 0 Å². The summed E-state index contributed by atoms with van der Waals surface area (Å²) >= 11 is 0. The summed E-state index contributed by atoms with van der Waals surface area (Å²) in [6.07, 6.45) is 4.25. The van der Waals surface area contributed by atoms with E-state index < -0.39 is 0 Å². The summed E-state index contributed by atoms with van der Waals surface area (Å²) in [6, 6.07) is 7.14. The van der Waals surface area contributed by atoms with Gasteiger partial charge in [-0.15, -0.1) is 0 Å². The molecular formula is C16H23FN2. The number of hydrogen-bond acceptors (Lipinski definition) is 1. The average Bonchev–Trinajstić information content (AvgIpc) is 2.78. The first-order valence-corrected chi connectivity index (χ1v) is 7.12. The molecule has 2 nitrogen and oxygen atoms in total. The van der Waals surface area contributed by atoms with Gasteiger partial charge < -0.3 is 9.88 Å². The SMILES string of the molecule is CC(C)CNCCCCn1ccc2c(F)cccc21. The minimum atomic E-state index is -0.130. The summed E-state index contributed by atoms with van der Waals surface area (Å²) in [4.78, 5) is 0. The van der Waals surface area contributed by atoms with E-state index in [1.54, 1.807) is 6.07 Å². The number of nitrogens with one attached hydrogen (secondary N) is 1. The van der Waals surface area contributed by atoms with E-state index in [4.69, 9.17) is 0 Å². The zero-order chi connectivity index (χ0) is 13.7. The molecule has 0 aliphatic carbocycles. The zero-order valence-corrected chi connectivity index (χ0v) is 11.8. The highest BCUT2D eigenvalue weighted by Gasteiger charge is 2.04. The number of benzene rings is 1. The molecule has 1 N–H and O–H groups in total. The fourth-order valence-electron chi connectivity index (χ4n) is 2.30. The lowest BCUT2D eigenvalue weighted by Gasteiger charge is -2.08. The summed E-state index contributed by atoms with van der Waals surface area (Å²) in [6.45, 7) is 7.53. The second-order valence-electron chi connectivity index (χ2n) is 5.49. The van der Waals surface area contributed by atoms with Crippen LogP contribution in [0.5, 0.6) is 0 Å². The lowest BCUT2D eigenvalue weighted by atomic mass is 10.2. The van der Waals surface area contributed by atoms with Gasteiger partial charge in [0.2, 0.25) is 0 Å². The maximum absolute atomic E-state index is 13.5. The van der Waals surface area contributed by atoms with Crippen LogP contribution in [0.1, 0.15) is 26.7 Å². The van der Waals surface area contributed by atoms with Crippen LogP contribution in [-0.4, -0.2) is 17.7 Å². The Morgan fingerprint density at radius 2 is 2.05 bits per heavy atom. The minimum Gasteiger partial charge on any atom is -0.347 e. The van der Waals surface area contributed by atoms with Crippen molar-refractivity contribution in [2.24, 2.45) is 5.92 Å². The van der Waals surface area contributed by atoms with Gasteiger partial charge in [0.15, 0.2) is 0 Å². The van der Waals surface area contributed by atoms with Crippen molar-refractivity contribution in [3.63, 3.8) is 0 Å². The van der Waals surface area contributed by atoms with Crippen LogP contribution < -0.4 is 5.32 Å². The number of rotatable bonds is 7. The van der Waals surface area contributed by atoms with E-state index in [0.29, 0.717) is 5.92 Å². The Morgan fingerprint density at radius 1 is 1.21 bits per heavy atom. The third kappa shape index (κ3) is 3.80. The first-order chi connectivity index (χ1) is 9.18. The van der Waals surface area contributed by atoms with Crippen molar-refractivity contribution in [2.45, 2.75) is 33.2 Å². The molecule has 0 unspecified atom stereocenters. The highest BCUT2D eigenvalue weighted by Crippen LogP contribution is 2.19. The van der Waals surface area contributed by atoms with Gasteiger partial charge in [0, 0.05) is 18.1 Å². The van der Waals surface area contributed by atoms with Crippen molar-refractivity contribution in [1.82, 2.24) is 9.88 Å². The molecule has 0 radical (unpaired) electrons. The van der Waals surface area contributed by atoms with Crippen LogP contribution in [0.2, 0.25) is 0 Å². The van der Waals surface area contributed by atoms with E-state index in [2.05, 4.69) is 23.7 Å². The molecule has 0 aliphatic heterocycles. The molecule has 0 spiro atoms. The van der Waals surface area contributed by atoms with E-state index >= 15 is 0 Å². The van der Waals surface area contributed by atoms with Crippen LogP contribution in [-0.2, 0) is 6.54 Å². The minimum absolute atomic E-state index is 0.130. The number of aromatic nitrogens is 1. The molecule has 0 aliphatic rings. The Labute approximate surface area is 114 Å². The molecule has 0 atom stereocenters. The number of halogens is 1. The van der Waals surface area contributed by atoms with Crippen LogP contribution in [0.25, 0.3) is 10.9 Å². The normalized spacial score (nSPS) is 11.6. The molecule has 0 saturated carbocycles. The lowest BCUT2D eigenvalue weighted by Crippen LogP contribution is -2.20. The Balaban J connectivity index is 1.81. The van der Waals surface area contributed by atoms with E-state index in [1.165, 1.54) is 6.07 Å². The Hall–Kier alpha value is -1.35. The van der Waals surface area contributed by atoms with Gasteiger partial charge in [-0.3, -0.25) is 0 Å². The van der Waals surface area contributed by atoms with E-state index in [-0.39, 0.29) is 5.82 Å². The van der Waals surface area contributed by atoms with Gasteiger partial charge in [-0.2, -0.15) is 0 Å². The summed E-state index contributed by atoms with van der Waals surface area (Å²) in [5.41, 5.74) is 0.995. The summed E-state index contributed by atoms with van der Waals surface area (Å²) in [5.74, 6) is 0.575. The van der Waals surface area contributed by atoms with E-state index in [0.717, 1.165) is 43.4 Å². The van der Waals surface area contributed by atoms with Crippen molar-refractivity contribution in [1.29, 1.82) is 0 Å². The fourth-order valence-corrected chi connectivity index (χ4v) is 2.30. The topological polar surface area (TPSA) is 17.0 Å². The third-order valence-corrected chi connectivity index (χ3v) is 3.32. The first-order valence-electron chi connectivity index (χ1n) is 7.12. The fraction of sp³-hybridized carbons (Fsp3) is 0.500. The molecule has 1 aromatic carbocycles. The number of hydrogen-bond donors (Lipinski definition) is 1. The molecule has 19 heavy (non-hydrogen) atoms. The molecule has 2 rings (SSSR count). The molecule has 0 fully saturated rings. The largest absolute Gasteiger partial charge is 0.347 e. The molecule has 1 heterocycles. The maximum Gasteiger partial charge on any atom is 0.132 e. The summed E-state index contributed by atoms with van der Waals surface area (Å²) < 4.78 is 15.7. The van der Waals surface area contributed by atoms with Crippen LogP contribution in [0, 0.1) is 11.7 Å². The maximum atomic E-state index is 13.5. The van der Waals surface area contributed by atoms with Crippen LogP contribution >= 0.6 is 0 Å². The highest BCUT2D eigenvalue weighted by molar-refractivity contribution is 5.80. The number of fused-ring (bicyclic) bond motifs is 1. The van der Waals surface area contributed by atoms with Crippen LogP contribution in [0.3, 0.4) is 0 Å². The molecule has 3 heteroatoms. The quantitative estimate of drug-likeness (QED) is 0.751. The Kier molecular flexibility index (Phi) is 4.97. The third-order valence-electron chi connectivity index (χ3n) is 3.32. The van der Waals surface area contributed by atoms with Gasteiger partial charge in [-0.25, -0.2) is 4.39 Å². The van der Waals surface area contributed by atoms with Crippen LogP contribution in [0.15, 0.2) is 30.5 Å². The monoisotopic (exact) mass is 262 g/mol. The number of nitrogens with zero attached hydrogens (tertiary/aromatic N) is 1. The molecular weight excluding hydrogens is 239 g/mol.